The minimum Gasteiger partial charge on any atom is -0.550 e. The lowest BCUT2D eigenvalue weighted by atomic mass is 10.1. The molecule has 0 atom stereocenters. The van der Waals surface area contributed by atoms with Gasteiger partial charge in [0.2, 0.25) is 0 Å². The molecule has 7 nitrogen and oxygen atoms in total. The van der Waals surface area contributed by atoms with Gasteiger partial charge in [0.1, 0.15) is 0 Å². The van der Waals surface area contributed by atoms with E-state index >= 15 is 0 Å². The Bertz CT molecular complexity index is 588. The first-order valence-corrected chi connectivity index (χ1v) is 15.4. The summed E-state index contributed by atoms with van der Waals surface area (Å²) in [7, 11) is 0. The summed E-state index contributed by atoms with van der Waals surface area (Å²) in [6.45, 7) is 3.59. The van der Waals surface area contributed by atoms with E-state index in [4.69, 9.17) is 10.2 Å². The van der Waals surface area contributed by atoms with Gasteiger partial charge in [-0.25, -0.2) is 0 Å². The lowest BCUT2D eigenvalue weighted by Gasteiger charge is -2.38. The molecular weight excluding hydrogens is 482 g/mol. The van der Waals surface area contributed by atoms with Crippen molar-refractivity contribution in [2.75, 3.05) is 26.2 Å². The van der Waals surface area contributed by atoms with Crippen LogP contribution in [0.2, 0.25) is 0 Å². The summed E-state index contributed by atoms with van der Waals surface area (Å²) in [5.41, 5.74) is 0. The van der Waals surface area contributed by atoms with Gasteiger partial charge in [0.05, 0.1) is 39.0 Å². The van der Waals surface area contributed by atoms with Crippen LogP contribution >= 0.6 is 0 Å². The summed E-state index contributed by atoms with van der Waals surface area (Å²) < 4.78 is 0.220. The van der Waals surface area contributed by atoms with Crippen molar-refractivity contribution < 1.29 is 34.2 Å². The molecule has 0 fully saturated rings. The van der Waals surface area contributed by atoms with E-state index in [1.54, 1.807) is 0 Å². The van der Waals surface area contributed by atoms with Crippen LogP contribution in [0.15, 0.2) is 12.2 Å². The smallest absolute Gasteiger partial charge is 0.309 e. The summed E-state index contributed by atoms with van der Waals surface area (Å²) in [6.07, 6.45) is 26.8. The van der Waals surface area contributed by atoms with E-state index in [0.717, 1.165) is 32.1 Å². The van der Waals surface area contributed by atoms with Crippen molar-refractivity contribution in [2.24, 2.45) is 0 Å². The second-order valence-corrected chi connectivity index (χ2v) is 11.0. The number of carbonyl (C=O) groups excluding carboxylic acids is 1. The minimum absolute atomic E-state index is 0.0969. The van der Waals surface area contributed by atoms with Crippen LogP contribution in [0, 0.1) is 0 Å². The van der Waals surface area contributed by atoms with E-state index in [-0.39, 0.29) is 43.4 Å². The fourth-order valence-corrected chi connectivity index (χ4v) is 5.07. The van der Waals surface area contributed by atoms with Crippen LogP contribution in [0.1, 0.15) is 142 Å². The molecule has 0 aromatic carbocycles. The topological polar surface area (TPSA) is 115 Å². The zero-order valence-corrected chi connectivity index (χ0v) is 24.3. The molecule has 0 spiro atoms. The number of rotatable bonds is 29. The number of hydrogen-bond acceptors (Lipinski definition) is 4. The third-order valence-electron chi connectivity index (χ3n) is 7.53. The number of quaternary nitrogens is 1. The molecule has 7 heteroatoms. The number of hydrogen-bond donors (Lipinski definition) is 2. The van der Waals surface area contributed by atoms with Crippen LogP contribution in [0.5, 0.6) is 0 Å². The van der Waals surface area contributed by atoms with E-state index in [9.17, 15) is 19.5 Å². The molecule has 0 radical (unpaired) electrons. The van der Waals surface area contributed by atoms with Gasteiger partial charge >= 0.3 is 11.9 Å². The molecule has 0 aromatic rings. The molecule has 222 valence electrons. The molecule has 0 unspecified atom stereocenters. The van der Waals surface area contributed by atoms with Crippen molar-refractivity contribution in [1.82, 2.24) is 0 Å². The number of carboxylic acid groups (broad SMARTS) is 3. The Morgan fingerprint density at radius 2 is 0.921 bits per heavy atom. The highest BCUT2D eigenvalue weighted by atomic mass is 16.4. The number of allylic oxidation sites excluding steroid dienone is 2. The summed E-state index contributed by atoms with van der Waals surface area (Å²) in [5.74, 6) is -3.08. The normalized spacial score (nSPS) is 11.8. The molecule has 0 saturated carbocycles. The summed E-state index contributed by atoms with van der Waals surface area (Å²) >= 11 is 0. The number of nitrogens with zero attached hydrogens (tertiary/aromatic N) is 1. The second kappa shape index (κ2) is 25.4. The molecule has 0 heterocycles. The molecule has 0 saturated heterocycles. The van der Waals surface area contributed by atoms with E-state index in [1.165, 1.54) is 83.5 Å². The van der Waals surface area contributed by atoms with Gasteiger partial charge in [-0.2, -0.15) is 0 Å². The average molecular weight is 540 g/mol. The molecule has 0 aromatic heterocycles. The highest BCUT2D eigenvalue weighted by Gasteiger charge is 2.28. The highest BCUT2D eigenvalue weighted by Crippen LogP contribution is 2.17. The van der Waals surface area contributed by atoms with Crippen molar-refractivity contribution in [3.63, 3.8) is 0 Å². The SMILES string of the molecule is CCCCCCCCCCC/C=C/CCCCCCCCC[N+](CCC(=O)[O-])(CCC(=O)O)CCC(=O)O. The largest absolute Gasteiger partial charge is 0.550 e. The third-order valence-corrected chi connectivity index (χ3v) is 7.53. The second-order valence-electron chi connectivity index (χ2n) is 11.0. The number of carbonyl (C=O) groups is 3. The quantitative estimate of drug-likeness (QED) is 0.0638. The monoisotopic (exact) mass is 539 g/mol. The predicted octanol–water partition coefficient (Wildman–Crippen LogP) is 6.49. The van der Waals surface area contributed by atoms with Gasteiger partial charge in [0.15, 0.2) is 0 Å². The zero-order chi connectivity index (χ0) is 28.3. The summed E-state index contributed by atoms with van der Waals surface area (Å²) in [5, 5.41) is 29.2. The van der Waals surface area contributed by atoms with Crippen molar-refractivity contribution in [2.45, 2.75) is 142 Å². The summed E-state index contributed by atoms with van der Waals surface area (Å²) in [4.78, 5) is 33.3. The van der Waals surface area contributed by atoms with E-state index in [0.29, 0.717) is 6.54 Å². The molecule has 0 aliphatic carbocycles. The molecule has 0 rings (SSSR count). The molecule has 0 aliphatic rings. The van der Waals surface area contributed by atoms with Gasteiger partial charge in [-0.05, 0) is 38.5 Å². The zero-order valence-electron chi connectivity index (χ0n) is 24.3. The first kappa shape index (κ1) is 36.1. The lowest BCUT2D eigenvalue weighted by Crippen LogP contribution is -2.53. The first-order chi connectivity index (χ1) is 18.3. The highest BCUT2D eigenvalue weighted by molar-refractivity contribution is 5.67. The molecule has 0 amide bonds. The van der Waals surface area contributed by atoms with E-state index in [2.05, 4.69) is 19.1 Å². The lowest BCUT2D eigenvalue weighted by molar-refractivity contribution is -0.927. The van der Waals surface area contributed by atoms with Gasteiger partial charge in [-0.3, -0.25) is 9.59 Å². The minimum atomic E-state index is -1.18. The van der Waals surface area contributed by atoms with Gasteiger partial charge in [0.25, 0.3) is 0 Å². The molecular formula is C31H57NO6. The molecule has 0 aliphatic heterocycles. The first-order valence-electron chi connectivity index (χ1n) is 15.4. The molecule has 38 heavy (non-hydrogen) atoms. The maximum atomic E-state index is 11.1. The standard InChI is InChI=1S/C31H57NO6/c1-2-3-4-5-6-7-8-9-10-11-12-13-14-15-16-17-18-19-20-21-25-32(26-22-29(33)34,27-23-30(35)36)28-24-31(37)38/h12-13H,2-11,14-28H2,1H3,(H2-,33,34,35,36,37,38)/b13-12+. The number of carboxylic acids is 3. The predicted molar refractivity (Wildman–Crippen MR) is 152 cm³/mol. The number of aliphatic carboxylic acids is 3. The van der Waals surface area contributed by atoms with Gasteiger partial charge in [-0.1, -0.05) is 96.1 Å². The van der Waals surface area contributed by atoms with Crippen molar-refractivity contribution in [3.8, 4) is 0 Å². The van der Waals surface area contributed by atoms with Crippen LogP contribution in [-0.4, -0.2) is 58.8 Å². The average Bonchev–Trinajstić information content (AvgIpc) is 2.88. The van der Waals surface area contributed by atoms with E-state index in [1.807, 2.05) is 0 Å². The Labute approximate surface area is 232 Å². The Morgan fingerprint density at radius 3 is 1.32 bits per heavy atom. The van der Waals surface area contributed by atoms with Gasteiger partial charge < -0.3 is 24.6 Å². The van der Waals surface area contributed by atoms with Crippen molar-refractivity contribution >= 4 is 17.9 Å². The van der Waals surface area contributed by atoms with Crippen molar-refractivity contribution in [1.29, 1.82) is 0 Å². The van der Waals surface area contributed by atoms with Gasteiger partial charge in [0, 0.05) is 12.4 Å². The van der Waals surface area contributed by atoms with Crippen LogP contribution in [0.25, 0.3) is 0 Å². The van der Waals surface area contributed by atoms with E-state index < -0.39 is 17.9 Å². The van der Waals surface area contributed by atoms with Crippen LogP contribution in [0.3, 0.4) is 0 Å². The number of unbranched alkanes of at least 4 members (excludes halogenated alkanes) is 16. The maximum Gasteiger partial charge on any atom is 0.309 e. The maximum absolute atomic E-state index is 11.1. The Hall–Kier alpha value is -1.89. The fourth-order valence-electron chi connectivity index (χ4n) is 5.07. The Morgan fingerprint density at radius 1 is 0.553 bits per heavy atom. The molecule has 2 N–H and O–H groups in total. The summed E-state index contributed by atoms with van der Waals surface area (Å²) in [6, 6.07) is 0. The Kier molecular flexibility index (Phi) is 24.1. The van der Waals surface area contributed by atoms with Crippen LogP contribution in [-0.2, 0) is 14.4 Å². The fraction of sp³-hybridized carbons (Fsp3) is 0.839. The molecule has 0 bridgehead atoms. The third kappa shape index (κ3) is 24.4. The Balaban J connectivity index is 3.93. The van der Waals surface area contributed by atoms with Crippen LogP contribution in [0.4, 0.5) is 0 Å². The van der Waals surface area contributed by atoms with Gasteiger partial charge in [-0.15, -0.1) is 0 Å². The van der Waals surface area contributed by atoms with Crippen LogP contribution < -0.4 is 5.11 Å². The van der Waals surface area contributed by atoms with Crippen molar-refractivity contribution in [3.05, 3.63) is 12.2 Å².